The van der Waals surface area contributed by atoms with Crippen LogP contribution in [0.1, 0.15) is 45.6 Å². The first-order valence-electron chi connectivity index (χ1n) is 15.9. The van der Waals surface area contributed by atoms with Crippen LogP contribution in [0.2, 0.25) is 5.02 Å². The molecule has 6 rings (SSSR count). The fraction of sp³-hybridized carbons (Fsp3) is 0.441. The van der Waals surface area contributed by atoms with Crippen molar-refractivity contribution >= 4 is 60.8 Å². The van der Waals surface area contributed by atoms with Crippen molar-refractivity contribution in [2.75, 3.05) is 50.1 Å². The zero-order valence-electron chi connectivity index (χ0n) is 27.5. The summed E-state index contributed by atoms with van der Waals surface area (Å²) >= 11 is 7.71. The minimum Gasteiger partial charge on any atom is -0.462 e. The van der Waals surface area contributed by atoms with Crippen molar-refractivity contribution in [2.24, 2.45) is 0 Å². The van der Waals surface area contributed by atoms with Gasteiger partial charge in [-0.2, -0.15) is 20.5 Å². The number of benzene rings is 2. The molecule has 0 aliphatic carbocycles. The maximum absolute atomic E-state index is 17.0. The van der Waals surface area contributed by atoms with E-state index in [-0.39, 0.29) is 66.8 Å². The number of likely N-dealkylation sites (tertiary alicyclic amines) is 1. The van der Waals surface area contributed by atoms with E-state index in [1.54, 1.807) is 26.8 Å². The minimum atomic E-state index is -0.821. The Balaban J connectivity index is 1.50. The lowest BCUT2D eigenvalue weighted by atomic mass is 9.97. The number of thiophene rings is 1. The molecule has 256 valence electrons. The van der Waals surface area contributed by atoms with E-state index in [2.05, 4.69) is 26.6 Å². The number of hydrogen-bond acceptors (Lipinski definition) is 11. The first-order valence-corrected chi connectivity index (χ1v) is 17.1. The quantitative estimate of drug-likeness (QED) is 0.210. The SMILES string of the molecule is CN1CCC[C@H]1COc1nc(N2CCN[C@@H](CC#N)C2)c2cc(Cl)c(-c3ccc(F)c4sc(NC(=O)OC(C)(C)C)c(C#N)c34)c(F)c2n1. The highest BCUT2D eigenvalue weighted by molar-refractivity contribution is 7.23. The van der Waals surface area contributed by atoms with Crippen LogP contribution in [0.4, 0.5) is 24.4 Å². The first-order chi connectivity index (χ1) is 23.4. The van der Waals surface area contributed by atoms with Crippen molar-refractivity contribution in [2.45, 2.75) is 57.7 Å². The number of ether oxygens (including phenoxy) is 2. The molecule has 11 nitrogen and oxygen atoms in total. The number of nitrogens with one attached hydrogen (secondary N) is 2. The maximum atomic E-state index is 17.0. The normalized spacial score (nSPS) is 18.4. The summed E-state index contributed by atoms with van der Waals surface area (Å²) in [6, 6.07) is 8.36. The molecule has 2 aromatic carbocycles. The highest BCUT2D eigenvalue weighted by Crippen LogP contribution is 2.46. The van der Waals surface area contributed by atoms with Gasteiger partial charge in [-0.25, -0.2) is 13.6 Å². The molecule has 0 unspecified atom stereocenters. The van der Waals surface area contributed by atoms with Crippen molar-refractivity contribution in [3.05, 3.63) is 40.4 Å². The summed E-state index contributed by atoms with van der Waals surface area (Å²) in [7, 11) is 2.02. The van der Waals surface area contributed by atoms with Crippen molar-refractivity contribution in [1.29, 1.82) is 10.5 Å². The Labute approximate surface area is 291 Å². The monoisotopic (exact) mass is 708 g/mol. The van der Waals surface area contributed by atoms with Gasteiger partial charge in [0.2, 0.25) is 0 Å². The zero-order chi connectivity index (χ0) is 35.0. The van der Waals surface area contributed by atoms with E-state index in [4.69, 9.17) is 26.1 Å². The van der Waals surface area contributed by atoms with E-state index in [1.165, 1.54) is 12.1 Å². The number of aromatic nitrogens is 2. The van der Waals surface area contributed by atoms with Gasteiger partial charge in [0.1, 0.15) is 40.4 Å². The number of nitrogens with zero attached hydrogens (tertiary/aromatic N) is 6. The number of likely N-dealkylation sites (N-methyl/N-ethyl adjacent to an activating group) is 1. The van der Waals surface area contributed by atoms with Gasteiger partial charge in [-0.3, -0.25) is 5.32 Å². The summed E-state index contributed by atoms with van der Waals surface area (Å²) in [5, 5.41) is 25.9. The van der Waals surface area contributed by atoms with Crippen LogP contribution in [0.5, 0.6) is 6.01 Å². The fourth-order valence-electron chi connectivity index (χ4n) is 6.31. The van der Waals surface area contributed by atoms with E-state index in [0.29, 0.717) is 37.4 Å². The van der Waals surface area contributed by atoms with Gasteiger partial charge in [-0.15, -0.1) is 11.3 Å². The molecular weight excluding hydrogens is 674 g/mol. The predicted octanol–water partition coefficient (Wildman–Crippen LogP) is 6.83. The Morgan fingerprint density at radius 1 is 1.24 bits per heavy atom. The second kappa shape index (κ2) is 13.9. The molecule has 2 atom stereocenters. The van der Waals surface area contributed by atoms with Gasteiger partial charge >= 0.3 is 12.1 Å². The molecule has 0 bridgehead atoms. The Morgan fingerprint density at radius 3 is 2.73 bits per heavy atom. The summed E-state index contributed by atoms with van der Waals surface area (Å²) in [5.74, 6) is -1.04. The standard InChI is InChI=1S/C34H35ClF2N8O3S/c1-34(2,3)48-33(46)43-31-22(15-39)25-20(7-8-24(36)29(25)49-31)26-23(35)14-21-28(27(26)37)41-32(47-17-19-6-5-12-44(19)4)42-30(21)45-13-11-40-18(16-45)9-10-38/h7-8,14,18-19,40H,5-6,9,11-13,16-17H2,1-4H3,(H,43,46)/t18-,19-/m0/s1. The summed E-state index contributed by atoms with van der Waals surface area (Å²) in [6.45, 7) is 7.89. The van der Waals surface area contributed by atoms with Gasteiger partial charge < -0.3 is 24.6 Å². The molecular formula is C34H35ClF2N8O3S. The molecule has 2 N–H and O–H groups in total. The fourth-order valence-corrected chi connectivity index (χ4v) is 7.67. The smallest absolute Gasteiger partial charge is 0.412 e. The van der Waals surface area contributed by atoms with E-state index in [9.17, 15) is 15.3 Å². The van der Waals surface area contributed by atoms with Crippen LogP contribution in [0, 0.1) is 34.3 Å². The van der Waals surface area contributed by atoms with E-state index >= 15 is 8.78 Å². The average Bonchev–Trinajstić information content (AvgIpc) is 3.63. The number of carbonyl (C=O) groups is 1. The van der Waals surface area contributed by atoms with Crippen molar-refractivity contribution in [1.82, 2.24) is 20.2 Å². The van der Waals surface area contributed by atoms with Gasteiger partial charge in [0.05, 0.1) is 27.8 Å². The van der Waals surface area contributed by atoms with Gasteiger partial charge in [0.25, 0.3) is 0 Å². The number of nitriles is 2. The van der Waals surface area contributed by atoms with E-state index in [1.807, 2.05) is 18.0 Å². The first kappa shape index (κ1) is 34.5. The van der Waals surface area contributed by atoms with Crippen LogP contribution >= 0.6 is 22.9 Å². The zero-order valence-corrected chi connectivity index (χ0v) is 29.1. The summed E-state index contributed by atoms with van der Waals surface area (Å²) in [4.78, 5) is 26.0. The number of amides is 1. The van der Waals surface area contributed by atoms with Crippen molar-refractivity contribution in [3.63, 3.8) is 0 Å². The van der Waals surface area contributed by atoms with Gasteiger partial charge in [-0.1, -0.05) is 17.7 Å². The van der Waals surface area contributed by atoms with Crippen LogP contribution in [-0.2, 0) is 4.74 Å². The molecule has 15 heteroatoms. The lowest BCUT2D eigenvalue weighted by Gasteiger charge is -2.34. The Kier molecular flexibility index (Phi) is 9.78. The van der Waals surface area contributed by atoms with Gasteiger partial charge in [0.15, 0.2) is 5.82 Å². The topological polar surface area (TPSA) is 139 Å². The number of piperazine rings is 1. The van der Waals surface area contributed by atoms with Crippen LogP contribution in [0.15, 0.2) is 18.2 Å². The Morgan fingerprint density at radius 2 is 2.04 bits per heavy atom. The molecule has 0 saturated carbocycles. The Hall–Kier alpha value is -4.34. The summed E-state index contributed by atoms with van der Waals surface area (Å²) in [5.41, 5.74) is -0.881. The van der Waals surface area contributed by atoms with Gasteiger partial charge in [-0.05, 0) is 64.9 Å². The Bertz CT molecular complexity index is 2020. The molecule has 1 amide bonds. The third-order valence-corrected chi connectivity index (χ3v) is 10.0. The molecule has 2 aromatic heterocycles. The molecule has 2 saturated heterocycles. The van der Waals surface area contributed by atoms with Crippen LogP contribution in [-0.4, -0.2) is 78.5 Å². The molecule has 49 heavy (non-hydrogen) atoms. The van der Waals surface area contributed by atoms with E-state index < -0.39 is 23.3 Å². The number of carbonyl (C=O) groups excluding carboxylic acids is 1. The number of fused-ring (bicyclic) bond motifs is 2. The maximum Gasteiger partial charge on any atom is 0.412 e. The highest BCUT2D eigenvalue weighted by atomic mass is 35.5. The third kappa shape index (κ3) is 7.05. The van der Waals surface area contributed by atoms with Gasteiger partial charge in [0, 0.05) is 48.1 Å². The second-order valence-corrected chi connectivity index (χ2v) is 14.6. The lowest BCUT2D eigenvalue weighted by Crippen LogP contribution is -2.51. The molecule has 4 heterocycles. The second-order valence-electron chi connectivity index (χ2n) is 13.2. The summed E-state index contributed by atoms with van der Waals surface area (Å²) < 4.78 is 43.8. The largest absolute Gasteiger partial charge is 0.462 e. The molecule has 2 fully saturated rings. The van der Waals surface area contributed by atoms with Crippen molar-refractivity contribution < 1.29 is 23.0 Å². The minimum absolute atomic E-state index is 0.00770. The van der Waals surface area contributed by atoms with Crippen LogP contribution < -0.4 is 20.3 Å². The predicted molar refractivity (Wildman–Crippen MR) is 185 cm³/mol. The number of halogens is 3. The van der Waals surface area contributed by atoms with Crippen molar-refractivity contribution in [3.8, 4) is 29.3 Å². The summed E-state index contributed by atoms with van der Waals surface area (Å²) in [6.07, 6.45) is 1.45. The third-order valence-electron chi connectivity index (χ3n) is 8.60. The lowest BCUT2D eigenvalue weighted by molar-refractivity contribution is 0.0636. The van der Waals surface area contributed by atoms with Crippen LogP contribution in [0.25, 0.3) is 32.1 Å². The molecule has 0 spiro atoms. The number of hydrogen-bond donors (Lipinski definition) is 2. The molecule has 0 radical (unpaired) electrons. The highest BCUT2D eigenvalue weighted by Gasteiger charge is 2.30. The number of anilines is 2. The molecule has 4 aromatic rings. The average molecular weight is 709 g/mol. The number of rotatable bonds is 7. The van der Waals surface area contributed by atoms with Crippen LogP contribution in [0.3, 0.4) is 0 Å². The molecule has 2 aliphatic heterocycles. The molecule has 2 aliphatic rings. The van der Waals surface area contributed by atoms with E-state index in [0.717, 1.165) is 30.7 Å².